The van der Waals surface area contributed by atoms with Gasteiger partial charge in [-0.1, -0.05) is 43.6 Å². The Morgan fingerprint density at radius 3 is 2.58 bits per heavy atom. The molecule has 2 heterocycles. The van der Waals surface area contributed by atoms with Crippen LogP contribution in [0.3, 0.4) is 0 Å². The first-order chi connectivity index (χ1) is 17.3. The molecule has 8 nitrogen and oxygen atoms in total. The van der Waals surface area contributed by atoms with Crippen molar-refractivity contribution in [3.8, 4) is 22.7 Å². The van der Waals surface area contributed by atoms with Crippen molar-refractivity contribution >= 4 is 29.4 Å². The summed E-state index contributed by atoms with van der Waals surface area (Å²) < 4.78 is 12.4. The Kier molecular flexibility index (Phi) is 7.75. The third-order valence-electron chi connectivity index (χ3n) is 5.37. The number of anilines is 1. The minimum atomic E-state index is -0.382. The van der Waals surface area contributed by atoms with Crippen LogP contribution >= 0.6 is 11.6 Å². The van der Waals surface area contributed by atoms with Gasteiger partial charge in [-0.25, -0.2) is 4.98 Å². The quantitative estimate of drug-likeness (QED) is 0.322. The maximum Gasteiger partial charge on any atom is 0.290 e. The summed E-state index contributed by atoms with van der Waals surface area (Å²) >= 11 is 6.05. The number of halogens is 1. The summed E-state index contributed by atoms with van der Waals surface area (Å²) in [7, 11) is 1.59. The smallest absolute Gasteiger partial charge is 0.290 e. The molecule has 0 saturated carbocycles. The Morgan fingerprint density at radius 2 is 1.92 bits per heavy atom. The zero-order chi connectivity index (χ0) is 25.7. The first kappa shape index (κ1) is 25.1. The lowest BCUT2D eigenvalue weighted by atomic mass is 10.2. The Hall–Kier alpha value is -4.04. The molecule has 0 spiro atoms. The van der Waals surface area contributed by atoms with E-state index in [0.717, 1.165) is 11.3 Å². The summed E-state index contributed by atoms with van der Waals surface area (Å²) in [5.74, 6) is 0.597. The minimum absolute atomic E-state index is 0.154. The van der Waals surface area contributed by atoms with Crippen molar-refractivity contribution < 1.29 is 18.7 Å². The summed E-state index contributed by atoms with van der Waals surface area (Å²) in [5.41, 5.74) is 2.24. The number of hydrogen-bond acceptors (Lipinski definition) is 5. The normalized spacial score (nSPS) is 10.9. The van der Waals surface area contributed by atoms with Gasteiger partial charge in [0.2, 0.25) is 11.9 Å². The third-order valence-corrected chi connectivity index (χ3v) is 5.62. The predicted octanol–water partition coefficient (Wildman–Crippen LogP) is 5.53. The van der Waals surface area contributed by atoms with Crippen molar-refractivity contribution in [1.82, 2.24) is 14.5 Å². The van der Waals surface area contributed by atoms with Gasteiger partial charge in [-0.3, -0.25) is 19.5 Å². The number of imidazole rings is 1. The van der Waals surface area contributed by atoms with Gasteiger partial charge in [-0.05, 0) is 42.3 Å². The van der Waals surface area contributed by atoms with Crippen LogP contribution in [-0.2, 0) is 4.79 Å². The molecule has 36 heavy (non-hydrogen) atoms. The van der Waals surface area contributed by atoms with Crippen molar-refractivity contribution in [3.05, 3.63) is 83.9 Å². The van der Waals surface area contributed by atoms with Crippen LogP contribution < -0.4 is 10.1 Å². The highest BCUT2D eigenvalue weighted by atomic mass is 35.5. The summed E-state index contributed by atoms with van der Waals surface area (Å²) in [6.07, 6.45) is 3.26. The van der Waals surface area contributed by atoms with E-state index < -0.39 is 0 Å². The van der Waals surface area contributed by atoms with Crippen LogP contribution in [0.1, 0.15) is 24.4 Å². The molecule has 0 unspecified atom stereocenters. The molecular formula is C27H27ClN4O4. The van der Waals surface area contributed by atoms with Crippen LogP contribution in [0.4, 0.5) is 5.95 Å². The maximum atomic E-state index is 13.1. The average molecular weight is 507 g/mol. The summed E-state index contributed by atoms with van der Waals surface area (Å²) in [4.78, 5) is 32.2. The van der Waals surface area contributed by atoms with Gasteiger partial charge >= 0.3 is 0 Å². The molecule has 9 heteroatoms. The van der Waals surface area contributed by atoms with Gasteiger partial charge in [0, 0.05) is 29.4 Å². The zero-order valence-corrected chi connectivity index (χ0v) is 21.0. The van der Waals surface area contributed by atoms with Gasteiger partial charge in [0.1, 0.15) is 12.3 Å². The van der Waals surface area contributed by atoms with Gasteiger partial charge in [-0.2, -0.15) is 0 Å². The number of nitrogens with one attached hydrogen (secondary N) is 1. The lowest BCUT2D eigenvalue weighted by molar-refractivity contribution is -0.117. The second-order valence-electron chi connectivity index (χ2n) is 8.63. The molecule has 0 aliphatic rings. The Morgan fingerprint density at radius 1 is 1.14 bits per heavy atom. The van der Waals surface area contributed by atoms with Crippen molar-refractivity contribution in [2.24, 2.45) is 5.92 Å². The SMILES string of the molecule is COc1cccc(-n2cc(-c3ccc(Cl)cc3)nc2NC(=O)CN(CC(C)C)C(=O)c2ccco2)c1. The fourth-order valence-corrected chi connectivity index (χ4v) is 3.87. The van der Waals surface area contributed by atoms with E-state index in [4.69, 9.17) is 20.8 Å². The first-order valence-corrected chi connectivity index (χ1v) is 11.8. The number of nitrogens with zero attached hydrogens (tertiary/aromatic N) is 3. The number of benzene rings is 2. The number of carbonyl (C=O) groups is 2. The van der Waals surface area contributed by atoms with Crippen molar-refractivity contribution in [2.45, 2.75) is 13.8 Å². The van der Waals surface area contributed by atoms with Gasteiger partial charge in [-0.15, -0.1) is 0 Å². The van der Waals surface area contributed by atoms with E-state index in [1.807, 2.05) is 56.4 Å². The predicted molar refractivity (Wildman–Crippen MR) is 139 cm³/mol. The fraction of sp³-hybridized carbons (Fsp3) is 0.222. The highest BCUT2D eigenvalue weighted by Gasteiger charge is 2.23. The molecule has 0 atom stereocenters. The van der Waals surface area contributed by atoms with Crippen LogP contribution in [0.15, 0.2) is 77.5 Å². The number of carbonyl (C=O) groups excluding carboxylic acids is 2. The summed E-state index contributed by atoms with van der Waals surface area (Å²) in [6, 6.07) is 17.9. The molecule has 4 rings (SSSR count). The summed E-state index contributed by atoms with van der Waals surface area (Å²) in [6.45, 7) is 4.20. The number of amides is 2. The molecule has 0 radical (unpaired) electrons. The van der Waals surface area contributed by atoms with E-state index >= 15 is 0 Å². The van der Waals surface area contributed by atoms with E-state index in [2.05, 4.69) is 10.3 Å². The third kappa shape index (κ3) is 5.95. The summed E-state index contributed by atoms with van der Waals surface area (Å²) in [5, 5.41) is 3.49. The standard InChI is InChI=1S/C27H27ClN4O4/c1-18(2)15-31(26(34)24-8-5-13-36-24)17-25(33)30-27-29-23(19-9-11-20(28)12-10-19)16-32(27)21-6-4-7-22(14-21)35-3/h4-14,16,18H,15,17H2,1-3H3,(H,29,30,33). The van der Waals surface area contributed by atoms with Crippen molar-refractivity contribution in [2.75, 3.05) is 25.5 Å². The number of hydrogen-bond donors (Lipinski definition) is 1. The first-order valence-electron chi connectivity index (χ1n) is 11.5. The minimum Gasteiger partial charge on any atom is -0.497 e. The molecule has 0 fully saturated rings. The van der Waals surface area contributed by atoms with Crippen LogP contribution in [0.5, 0.6) is 5.75 Å². The molecular weight excluding hydrogens is 480 g/mol. The zero-order valence-electron chi connectivity index (χ0n) is 20.3. The second kappa shape index (κ2) is 11.1. The van der Waals surface area contributed by atoms with Crippen LogP contribution in [0.25, 0.3) is 16.9 Å². The number of furan rings is 1. The average Bonchev–Trinajstić information content (AvgIpc) is 3.54. The van der Waals surface area contributed by atoms with Crippen molar-refractivity contribution in [3.63, 3.8) is 0 Å². The van der Waals surface area contributed by atoms with E-state index in [1.165, 1.54) is 11.2 Å². The Labute approximate surface area is 214 Å². The number of rotatable bonds is 9. The second-order valence-corrected chi connectivity index (χ2v) is 9.07. The molecule has 0 bridgehead atoms. The largest absolute Gasteiger partial charge is 0.497 e. The lowest BCUT2D eigenvalue weighted by Crippen LogP contribution is -2.40. The molecule has 4 aromatic rings. The van der Waals surface area contributed by atoms with E-state index in [-0.39, 0.29) is 30.0 Å². The Balaban J connectivity index is 1.64. The van der Waals surface area contributed by atoms with Crippen LogP contribution in [0.2, 0.25) is 5.02 Å². The maximum absolute atomic E-state index is 13.1. The molecule has 186 valence electrons. The van der Waals surface area contributed by atoms with Crippen LogP contribution in [0, 0.1) is 5.92 Å². The van der Waals surface area contributed by atoms with Crippen molar-refractivity contribution in [1.29, 1.82) is 0 Å². The van der Waals surface area contributed by atoms with Gasteiger partial charge < -0.3 is 14.1 Å². The van der Waals surface area contributed by atoms with E-state index in [0.29, 0.717) is 29.0 Å². The number of aromatic nitrogens is 2. The van der Waals surface area contributed by atoms with Gasteiger partial charge in [0.05, 0.1) is 24.8 Å². The molecule has 0 aliphatic heterocycles. The fourth-order valence-electron chi connectivity index (χ4n) is 3.74. The molecule has 2 aromatic carbocycles. The van der Waals surface area contributed by atoms with Crippen LogP contribution in [-0.4, -0.2) is 46.5 Å². The van der Waals surface area contributed by atoms with E-state index in [9.17, 15) is 9.59 Å². The molecule has 0 aliphatic carbocycles. The number of ether oxygens (including phenoxy) is 1. The number of methoxy groups -OCH3 is 1. The molecule has 0 saturated heterocycles. The lowest BCUT2D eigenvalue weighted by Gasteiger charge is -2.23. The van der Waals surface area contributed by atoms with E-state index in [1.54, 1.807) is 35.9 Å². The topological polar surface area (TPSA) is 89.6 Å². The highest BCUT2D eigenvalue weighted by molar-refractivity contribution is 6.30. The monoisotopic (exact) mass is 506 g/mol. The van der Waals surface area contributed by atoms with Gasteiger partial charge in [0.25, 0.3) is 5.91 Å². The molecule has 2 amide bonds. The molecule has 2 aromatic heterocycles. The van der Waals surface area contributed by atoms with Gasteiger partial charge in [0.15, 0.2) is 5.76 Å². The highest BCUT2D eigenvalue weighted by Crippen LogP contribution is 2.27. The molecule has 1 N–H and O–H groups in total. The Bertz CT molecular complexity index is 1330.